The molecule has 3 heteroatoms. The summed E-state index contributed by atoms with van der Waals surface area (Å²) in [5.41, 5.74) is 4.36. The average Bonchev–Trinajstić information content (AvgIpc) is 3.03. The highest BCUT2D eigenvalue weighted by molar-refractivity contribution is 5.81. The van der Waals surface area contributed by atoms with E-state index in [-0.39, 0.29) is 0 Å². The minimum Gasteiger partial charge on any atom is -0.497 e. The molecule has 0 amide bonds. The molecule has 22 heavy (non-hydrogen) atoms. The summed E-state index contributed by atoms with van der Waals surface area (Å²) in [6.07, 6.45) is 5.96. The van der Waals surface area contributed by atoms with Crippen LogP contribution in [0.15, 0.2) is 72.0 Å². The Hall–Kier alpha value is -2.81. The molecule has 0 radical (unpaired) electrons. The average molecular weight is 290 g/mol. The second-order valence-corrected chi connectivity index (χ2v) is 5.14. The Morgan fingerprint density at radius 2 is 1.68 bits per heavy atom. The number of hydrogen-bond donors (Lipinski definition) is 0. The first-order valence-corrected chi connectivity index (χ1v) is 7.18. The van der Waals surface area contributed by atoms with Gasteiger partial charge in [0.15, 0.2) is 0 Å². The zero-order chi connectivity index (χ0) is 15.4. The van der Waals surface area contributed by atoms with Crippen LogP contribution in [-0.2, 0) is 0 Å². The molecule has 0 aliphatic carbocycles. The first-order valence-electron chi connectivity index (χ1n) is 7.18. The van der Waals surface area contributed by atoms with E-state index >= 15 is 0 Å². The molecule has 0 saturated heterocycles. The predicted molar refractivity (Wildman–Crippen MR) is 90.8 cm³/mol. The van der Waals surface area contributed by atoms with Gasteiger partial charge < -0.3 is 9.30 Å². The van der Waals surface area contributed by atoms with Crippen molar-refractivity contribution in [3.05, 3.63) is 78.1 Å². The normalized spacial score (nSPS) is 11.0. The maximum Gasteiger partial charge on any atom is 0.119 e. The summed E-state index contributed by atoms with van der Waals surface area (Å²) >= 11 is 0. The Labute approximate surface area is 130 Å². The minimum atomic E-state index is 0.858. The molecule has 1 aromatic heterocycles. The van der Waals surface area contributed by atoms with Gasteiger partial charge in [-0.15, -0.1) is 0 Å². The van der Waals surface area contributed by atoms with Gasteiger partial charge in [0.1, 0.15) is 5.75 Å². The van der Waals surface area contributed by atoms with Gasteiger partial charge in [0, 0.05) is 29.9 Å². The van der Waals surface area contributed by atoms with Crippen molar-refractivity contribution >= 4 is 11.9 Å². The number of aryl methyl sites for hydroxylation is 1. The number of aromatic nitrogens is 1. The van der Waals surface area contributed by atoms with Crippen molar-refractivity contribution in [1.29, 1.82) is 0 Å². The summed E-state index contributed by atoms with van der Waals surface area (Å²) in [5, 5.41) is 0. The molecule has 0 unspecified atom stereocenters. The molecule has 1 heterocycles. The largest absolute Gasteiger partial charge is 0.497 e. The Kier molecular flexibility index (Phi) is 4.05. The number of hydrogen-bond acceptors (Lipinski definition) is 2. The molecule has 0 N–H and O–H groups in total. The van der Waals surface area contributed by atoms with Crippen LogP contribution in [0.5, 0.6) is 5.75 Å². The van der Waals surface area contributed by atoms with E-state index in [2.05, 4.69) is 34.8 Å². The fourth-order valence-electron chi connectivity index (χ4n) is 2.18. The van der Waals surface area contributed by atoms with Gasteiger partial charge in [-0.1, -0.05) is 17.7 Å². The molecule has 3 rings (SSSR count). The Morgan fingerprint density at radius 3 is 2.36 bits per heavy atom. The van der Waals surface area contributed by atoms with Crippen LogP contribution < -0.4 is 4.74 Å². The third-order valence-corrected chi connectivity index (χ3v) is 3.48. The number of nitrogens with zero attached hydrogens (tertiary/aromatic N) is 2. The lowest BCUT2D eigenvalue weighted by Crippen LogP contribution is -1.90. The van der Waals surface area contributed by atoms with Crippen LogP contribution in [0.25, 0.3) is 5.69 Å². The quantitative estimate of drug-likeness (QED) is 0.648. The molecule has 0 spiro atoms. The van der Waals surface area contributed by atoms with E-state index in [1.165, 1.54) is 5.56 Å². The smallest absolute Gasteiger partial charge is 0.119 e. The van der Waals surface area contributed by atoms with Gasteiger partial charge in [-0.2, -0.15) is 0 Å². The zero-order valence-electron chi connectivity index (χ0n) is 12.7. The van der Waals surface area contributed by atoms with Crippen molar-refractivity contribution in [2.45, 2.75) is 6.92 Å². The van der Waals surface area contributed by atoms with Crippen molar-refractivity contribution in [3.8, 4) is 11.4 Å². The number of rotatable bonds is 4. The lowest BCUT2D eigenvalue weighted by atomic mass is 10.2. The first kappa shape index (κ1) is 14.1. The third kappa shape index (κ3) is 3.26. The lowest BCUT2D eigenvalue weighted by molar-refractivity contribution is 0.415. The number of ether oxygens (including phenoxy) is 1. The van der Waals surface area contributed by atoms with E-state index < -0.39 is 0 Å². The summed E-state index contributed by atoms with van der Waals surface area (Å²) in [6.45, 7) is 2.07. The molecule has 0 bridgehead atoms. The molecular weight excluding hydrogens is 272 g/mol. The number of benzene rings is 2. The molecule has 0 fully saturated rings. The van der Waals surface area contributed by atoms with Gasteiger partial charge >= 0.3 is 0 Å². The number of aliphatic imine (C=N–C) groups is 1. The van der Waals surface area contributed by atoms with Crippen molar-refractivity contribution in [2.75, 3.05) is 7.11 Å². The molecular formula is C19H18N2O. The van der Waals surface area contributed by atoms with Gasteiger partial charge in [0.25, 0.3) is 0 Å². The van der Waals surface area contributed by atoms with Crippen molar-refractivity contribution in [2.24, 2.45) is 4.99 Å². The molecule has 0 aliphatic rings. The second kappa shape index (κ2) is 6.31. The zero-order valence-corrected chi connectivity index (χ0v) is 12.7. The van der Waals surface area contributed by atoms with E-state index in [4.69, 9.17) is 4.74 Å². The summed E-state index contributed by atoms with van der Waals surface area (Å²) in [4.78, 5) is 4.49. The highest BCUT2D eigenvalue weighted by atomic mass is 16.5. The molecule has 110 valence electrons. The predicted octanol–water partition coefficient (Wildman–Crippen LogP) is 4.54. The number of methoxy groups -OCH3 is 1. The standard InChI is InChI=1S/C19H18N2O/c1-15-3-5-17(6-4-15)20-13-16-11-12-21(14-16)18-7-9-19(22-2)10-8-18/h3-14H,1-2H3. The van der Waals surface area contributed by atoms with Crippen molar-refractivity contribution in [1.82, 2.24) is 4.57 Å². The summed E-state index contributed by atoms with van der Waals surface area (Å²) in [6, 6.07) is 18.2. The van der Waals surface area contributed by atoms with E-state index in [0.717, 1.165) is 22.7 Å². The summed E-state index contributed by atoms with van der Waals surface area (Å²) in [5.74, 6) is 0.858. The molecule has 2 aromatic carbocycles. The Bertz CT molecular complexity index is 768. The summed E-state index contributed by atoms with van der Waals surface area (Å²) < 4.78 is 7.24. The maximum atomic E-state index is 5.18. The minimum absolute atomic E-state index is 0.858. The van der Waals surface area contributed by atoms with Crippen LogP contribution in [0.2, 0.25) is 0 Å². The van der Waals surface area contributed by atoms with Gasteiger partial charge in [-0.05, 0) is 49.4 Å². The van der Waals surface area contributed by atoms with Gasteiger partial charge in [-0.3, -0.25) is 4.99 Å². The highest BCUT2D eigenvalue weighted by Gasteiger charge is 1.98. The topological polar surface area (TPSA) is 26.5 Å². The van der Waals surface area contributed by atoms with Gasteiger partial charge in [0.05, 0.1) is 12.8 Å². The molecule has 0 atom stereocenters. The fourth-order valence-corrected chi connectivity index (χ4v) is 2.18. The monoisotopic (exact) mass is 290 g/mol. The van der Waals surface area contributed by atoms with Crippen LogP contribution in [0.3, 0.4) is 0 Å². The first-order chi connectivity index (χ1) is 10.7. The maximum absolute atomic E-state index is 5.18. The SMILES string of the molecule is COc1ccc(-n2ccc(C=Nc3ccc(C)cc3)c2)cc1. The van der Waals surface area contributed by atoms with E-state index in [1.807, 2.05) is 54.9 Å². The van der Waals surface area contributed by atoms with Crippen LogP contribution in [0.4, 0.5) is 5.69 Å². The van der Waals surface area contributed by atoms with Crippen LogP contribution in [0.1, 0.15) is 11.1 Å². The Balaban J connectivity index is 1.76. The second-order valence-electron chi connectivity index (χ2n) is 5.14. The molecule has 0 aliphatic heterocycles. The third-order valence-electron chi connectivity index (χ3n) is 3.48. The van der Waals surface area contributed by atoms with E-state index in [1.54, 1.807) is 7.11 Å². The molecule has 3 nitrogen and oxygen atoms in total. The molecule has 3 aromatic rings. The van der Waals surface area contributed by atoms with Gasteiger partial charge in [0.2, 0.25) is 0 Å². The highest BCUT2D eigenvalue weighted by Crippen LogP contribution is 2.16. The lowest BCUT2D eigenvalue weighted by Gasteiger charge is -2.04. The van der Waals surface area contributed by atoms with Crippen molar-refractivity contribution in [3.63, 3.8) is 0 Å². The van der Waals surface area contributed by atoms with E-state index in [9.17, 15) is 0 Å². The fraction of sp³-hybridized carbons (Fsp3) is 0.105. The molecule has 0 saturated carbocycles. The Morgan fingerprint density at radius 1 is 0.955 bits per heavy atom. The van der Waals surface area contributed by atoms with Crippen LogP contribution >= 0.6 is 0 Å². The summed E-state index contributed by atoms with van der Waals surface area (Å²) in [7, 11) is 1.67. The van der Waals surface area contributed by atoms with Gasteiger partial charge in [-0.25, -0.2) is 0 Å². The van der Waals surface area contributed by atoms with E-state index in [0.29, 0.717) is 0 Å². The van der Waals surface area contributed by atoms with Crippen LogP contribution in [0, 0.1) is 6.92 Å². The van der Waals surface area contributed by atoms with Crippen molar-refractivity contribution < 1.29 is 4.74 Å². The van der Waals surface area contributed by atoms with Crippen LogP contribution in [-0.4, -0.2) is 17.9 Å².